The third-order valence-corrected chi connectivity index (χ3v) is 5.15. The molecule has 2 aromatic carbocycles. The Morgan fingerprint density at radius 3 is 2.45 bits per heavy atom. The van der Waals surface area contributed by atoms with Crippen molar-refractivity contribution in [2.24, 2.45) is 0 Å². The van der Waals surface area contributed by atoms with Crippen molar-refractivity contribution in [1.82, 2.24) is 9.29 Å². The van der Waals surface area contributed by atoms with Crippen LogP contribution < -0.4 is 5.32 Å². The van der Waals surface area contributed by atoms with Crippen LogP contribution >= 0.6 is 0 Å². The molecule has 0 fully saturated rings. The molecule has 3 rings (SSSR count). The minimum absolute atomic E-state index is 0.206. The lowest BCUT2D eigenvalue weighted by Crippen LogP contribution is -2.18. The highest BCUT2D eigenvalue weighted by atomic mass is 32.2. The Hall–Kier alpha value is -2.60. The van der Waals surface area contributed by atoms with Gasteiger partial charge in [0.25, 0.3) is 15.9 Å². The number of aromatic nitrogens is 1. The van der Waals surface area contributed by atoms with Crippen LogP contribution in [0.1, 0.15) is 10.4 Å². The summed E-state index contributed by atoms with van der Waals surface area (Å²) >= 11 is 0. The van der Waals surface area contributed by atoms with Crippen LogP contribution in [0.4, 0.5) is 0 Å². The van der Waals surface area contributed by atoms with Crippen LogP contribution in [0.15, 0.2) is 65.7 Å². The monoisotopic (exact) mass is 314 g/mol. The maximum atomic E-state index is 12.7. The summed E-state index contributed by atoms with van der Waals surface area (Å²) in [6.07, 6.45) is 1.50. The number of nitrogens with one attached hydrogen (secondary N) is 1. The molecule has 0 spiro atoms. The van der Waals surface area contributed by atoms with E-state index in [9.17, 15) is 13.2 Å². The molecule has 1 amide bonds. The largest absolute Gasteiger partial charge is 0.355 e. The first kappa shape index (κ1) is 14.3. The van der Waals surface area contributed by atoms with Gasteiger partial charge >= 0.3 is 0 Å². The van der Waals surface area contributed by atoms with E-state index >= 15 is 0 Å². The van der Waals surface area contributed by atoms with Gasteiger partial charge in [0.1, 0.15) is 0 Å². The van der Waals surface area contributed by atoms with E-state index in [0.717, 1.165) is 5.39 Å². The molecule has 1 N–H and O–H groups in total. The van der Waals surface area contributed by atoms with Gasteiger partial charge in [-0.2, -0.15) is 0 Å². The normalized spacial score (nSPS) is 11.5. The predicted molar refractivity (Wildman–Crippen MR) is 84.4 cm³/mol. The van der Waals surface area contributed by atoms with Gasteiger partial charge in [0.15, 0.2) is 0 Å². The Bertz CT molecular complexity index is 944. The second kappa shape index (κ2) is 5.31. The third kappa shape index (κ3) is 2.27. The maximum absolute atomic E-state index is 12.7. The van der Waals surface area contributed by atoms with Gasteiger partial charge in [-0.3, -0.25) is 4.79 Å². The van der Waals surface area contributed by atoms with E-state index < -0.39 is 10.0 Å². The quantitative estimate of drug-likeness (QED) is 0.806. The first-order chi connectivity index (χ1) is 10.5. The number of rotatable bonds is 3. The first-order valence-electron chi connectivity index (χ1n) is 6.68. The summed E-state index contributed by atoms with van der Waals surface area (Å²) in [4.78, 5) is 11.9. The molecule has 3 aromatic rings. The van der Waals surface area contributed by atoms with Gasteiger partial charge in [-0.15, -0.1) is 0 Å². The number of amides is 1. The molecule has 22 heavy (non-hydrogen) atoms. The second-order valence-electron chi connectivity index (χ2n) is 4.78. The fourth-order valence-corrected chi connectivity index (χ4v) is 3.67. The van der Waals surface area contributed by atoms with Crippen LogP contribution in [0.3, 0.4) is 0 Å². The molecule has 0 bridgehead atoms. The number of hydrogen-bond donors (Lipinski definition) is 1. The van der Waals surface area contributed by atoms with Crippen molar-refractivity contribution in [3.05, 3.63) is 66.4 Å². The summed E-state index contributed by atoms with van der Waals surface area (Å²) in [5, 5.41) is 3.29. The fraction of sp³-hybridized carbons (Fsp3) is 0.0625. The lowest BCUT2D eigenvalue weighted by molar-refractivity contribution is 0.0963. The van der Waals surface area contributed by atoms with E-state index in [1.54, 1.807) is 54.6 Å². The number of carbonyl (C=O) groups is 1. The van der Waals surface area contributed by atoms with Gasteiger partial charge in [-0.1, -0.05) is 24.3 Å². The smallest absolute Gasteiger partial charge is 0.268 e. The third-order valence-electron chi connectivity index (χ3n) is 3.45. The summed E-state index contributed by atoms with van der Waals surface area (Å²) in [5.41, 5.74) is 0.892. The van der Waals surface area contributed by atoms with Crippen LogP contribution in [-0.4, -0.2) is 25.3 Å². The molecule has 5 nitrogen and oxygen atoms in total. The molecule has 0 radical (unpaired) electrons. The summed E-state index contributed by atoms with van der Waals surface area (Å²) in [5.74, 6) is -0.258. The molecule has 6 heteroatoms. The number of nitrogens with zero attached hydrogens (tertiary/aromatic N) is 1. The summed E-state index contributed by atoms with van der Waals surface area (Å²) < 4.78 is 26.6. The molecule has 0 saturated carbocycles. The van der Waals surface area contributed by atoms with Gasteiger partial charge in [-0.25, -0.2) is 12.4 Å². The van der Waals surface area contributed by atoms with Crippen LogP contribution in [0.2, 0.25) is 0 Å². The Balaban J connectivity index is 2.21. The number of hydrogen-bond acceptors (Lipinski definition) is 3. The molecular formula is C16H14N2O3S. The van der Waals surface area contributed by atoms with Crippen molar-refractivity contribution in [1.29, 1.82) is 0 Å². The topological polar surface area (TPSA) is 68.2 Å². The highest BCUT2D eigenvalue weighted by Gasteiger charge is 2.19. The van der Waals surface area contributed by atoms with E-state index in [-0.39, 0.29) is 10.8 Å². The standard InChI is InChI=1S/C16H14N2O3S/c1-17-16(19)13-8-7-12-9-10-18(15(12)11-13)22(20,21)14-5-3-2-4-6-14/h2-11H,1H3,(H,17,19). The van der Waals surface area contributed by atoms with E-state index in [2.05, 4.69) is 5.32 Å². The van der Waals surface area contributed by atoms with E-state index in [4.69, 9.17) is 0 Å². The van der Waals surface area contributed by atoms with E-state index in [1.807, 2.05) is 0 Å². The van der Waals surface area contributed by atoms with Gasteiger partial charge in [0.05, 0.1) is 10.4 Å². The average molecular weight is 314 g/mol. The zero-order chi connectivity index (χ0) is 15.7. The molecule has 0 aliphatic rings. The van der Waals surface area contributed by atoms with Crippen molar-refractivity contribution in [3.8, 4) is 0 Å². The van der Waals surface area contributed by atoms with Crippen molar-refractivity contribution in [2.75, 3.05) is 7.05 Å². The molecule has 0 aliphatic carbocycles. The zero-order valence-electron chi connectivity index (χ0n) is 11.9. The van der Waals surface area contributed by atoms with Crippen molar-refractivity contribution in [3.63, 3.8) is 0 Å². The van der Waals surface area contributed by atoms with Gasteiger partial charge in [-0.05, 0) is 30.3 Å². The number of benzene rings is 2. The Morgan fingerprint density at radius 1 is 1.05 bits per heavy atom. The van der Waals surface area contributed by atoms with Crippen molar-refractivity contribution in [2.45, 2.75) is 4.90 Å². The SMILES string of the molecule is CNC(=O)c1ccc2ccn(S(=O)(=O)c3ccccc3)c2c1. The molecule has 0 aliphatic heterocycles. The van der Waals surface area contributed by atoms with Crippen molar-refractivity contribution < 1.29 is 13.2 Å². The van der Waals surface area contributed by atoms with Gasteiger partial charge in [0, 0.05) is 24.2 Å². The minimum atomic E-state index is -3.69. The van der Waals surface area contributed by atoms with Crippen LogP contribution in [0.25, 0.3) is 10.9 Å². The fourth-order valence-electron chi connectivity index (χ4n) is 2.30. The van der Waals surface area contributed by atoms with E-state index in [1.165, 1.54) is 17.2 Å². The molecule has 0 atom stereocenters. The molecule has 1 heterocycles. The Kier molecular flexibility index (Phi) is 3.46. The minimum Gasteiger partial charge on any atom is -0.355 e. The maximum Gasteiger partial charge on any atom is 0.268 e. The molecule has 0 unspecified atom stereocenters. The summed E-state index contributed by atoms with van der Waals surface area (Å²) in [7, 11) is -2.15. The number of fused-ring (bicyclic) bond motifs is 1. The number of carbonyl (C=O) groups excluding carboxylic acids is 1. The van der Waals surface area contributed by atoms with Crippen molar-refractivity contribution >= 4 is 26.8 Å². The van der Waals surface area contributed by atoms with Crippen LogP contribution in [0, 0.1) is 0 Å². The van der Waals surface area contributed by atoms with Gasteiger partial charge < -0.3 is 5.32 Å². The average Bonchev–Trinajstić information content (AvgIpc) is 2.98. The highest BCUT2D eigenvalue weighted by Crippen LogP contribution is 2.23. The lowest BCUT2D eigenvalue weighted by atomic mass is 10.1. The van der Waals surface area contributed by atoms with Crippen LogP contribution in [-0.2, 0) is 10.0 Å². The zero-order valence-corrected chi connectivity index (χ0v) is 12.7. The Labute approximate surface area is 128 Å². The molecular weight excluding hydrogens is 300 g/mol. The lowest BCUT2D eigenvalue weighted by Gasteiger charge is -2.08. The highest BCUT2D eigenvalue weighted by molar-refractivity contribution is 7.90. The molecule has 112 valence electrons. The summed E-state index contributed by atoms with van der Waals surface area (Å²) in [6.45, 7) is 0. The second-order valence-corrected chi connectivity index (χ2v) is 6.60. The first-order valence-corrected chi connectivity index (χ1v) is 8.12. The Morgan fingerprint density at radius 2 is 1.77 bits per heavy atom. The molecule has 1 aromatic heterocycles. The predicted octanol–water partition coefficient (Wildman–Crippen LogP) is 2.24. The van der Waals surface area contributed by atoms with E-state index in [0.29, 0.717) is 11.1 Å². The van der Waals surface area contributed by atoms with Crippen LogP contribution in [0.5, 0.6) is 0 Å². The molecule has 0 saturated heterocycles. The van der Waals surface area contributed by atoms with Gasteiger partial charge in [0.2, 0.25) is 0 Å². The summed E-state index contributed by atoms with van der Waals surface area (Å²) in [6, 6.07) is 14.9.